The number of aliphatic hydroxyl groups is 1. The van der Waals surface area contributed by atoms with E-state index in [2.05, 4.69) is 11.8 Å². The van der Waals surface area contributed by atoms with Gasteiger partial charge in [0.15, 0.2) is 0 Å². The van der Waals surface area contributed by atoms with Gasteiger partial charge in [-0.25, -0.2) is 0 Å². The van der Waals surface area contributed by atoms with Crippen LogP contribution < -0.4 is 4.74 Å². The van der Waals surface area contributed by atoms with Gasteiger partial charge in [0.05, 0.1) is 5.56 Å². The normalized spacial score (nSPS) is 13.0. The summed E-state index contributed by atoms with van der Waals surface area (Å²) in [5.41, 5.74) is -0.255. The van der Waals surface area contributed by atoms with Crippen molar-refractivity contribution in [1.29, 1.82) is 0 Å². The minimum Gasteiger partial charge on any atom is -0.456 e. The van der Waals surface area contributed by atoms with Gasteiger partial charge < -0.3 is 9.84 Å². The smallest absolute Gasteiger partial charge is 0.143 e. The molecule has 108 valence electrons. The first kappa shape index (κ1) is 15.4. The van der Waals surface area contributed by atoms with Crippen LogP contribution in [0.5, 0.6) is 11.5 Å². The zero-order valence-electron chi connectivity index (χ0n) is 12.1. The monoisotopic (exact) mass is 300 g/mol. The molecule has 0 radical (unpaired) electrons. The predicted octanol–water partition coefficient (Wildman–Crippen LogP) is 4.64. The highest BCUT2D eigenvalue weighted by molar-refractivity contribution is 6.30. The Morgan fingerprint density at radius 2 is 1.81 bits per heavy atom. The number of hydrogen-bond donors (Lipinski definition) is 1. The molecule has 0 fully saturated rings. The quantitative estimate of drug-likeness (QED) is 0.836. The largest absolute Gasteiger partial charge is 0.456 e. The molecule has 0 aromatic heterocycles. The summed E-state index contributed by atoms with van der Waals surface area (Å²) in [5.74, 6) is 7.19. The van der Waals surface area contributed by atoms with Gasteiger partial charge >= 0.3 is 0 Å². The van der Waals surface area contributed by atoms with Crippen molar-refractivity contribution in [2.75, 3.05) is 0 Å². The first-order chi connectivity index (χ1) is 10.00. The summed E-state index contributed by atoms with van der Waals surface area (Å²) in [7, 11) is 0. The van der Waals surface area contributed by atoms with Gasteiger partial charge in [-0.3, -0.25) is 0 Å². The molecular formula is C18H17ClO2. The van der Waals surface area contributed by atoms with Gasteiger partial charge in [0.2, 0.25) is 0 Å². The van der Waals surface area contributed by atoms with Crippen LogP contribution in [-0.2, 0) is 0 Å². The van der Waals surface area contributed by atoms with Crippen molar-refractivity contribution in [1.82, 2.24) is 0 Å². The minimum atomic E-state index is -0.993. The van der Waals surface area contributed by atoms with Gasteiger partial charge in [0.1, 0.15) is 17.1 Å². The highest BCUT2D eigenvalue weighted by Crippen LogP contribution is 2.26. The highest BCUT2D eigenvalue weighted by Gasteiger charge is 2.12. The minimum absolute atomic E-state index is 0.570. The summed E-state index contributed by atoms with van der Waals surface area (Å²) < 4.78 is 5.82. The molecule has 21 heavy (non-hydrogen) atoms. The van der Waals surface area contributed by atoms with E-state index in [1.165, 1.54) is 0 Å². The third-order valence-electron chi connectivity index (χ3n) is 3.08. The molecule has 0 aliphatic rings. The topological polar surface area (TPSA) is 29.5 Å². The maximum Gasteiger partial charge on any atom is 0.143 e. The lowest BCUT2D eigenvalue weighted by Crippen LogP contribution is -2.19. The number of hydrogen-bond acceptors (Lipinski definition) is 2. The summed E-state index contributed by atoms with van der Waals surface area (Å²) >= 11 is 5.86. The van der Waals surface area contributed by atoms with Crippen molar-refractivity contribution in [3.8, 4) is 23.3 Å². The fraction of sp³-hybridized carbons (Fsp3) is 0.222. The third-order valence-corrected chi connectivity index (χ3v) is 3.34. The average molecular weight is 301 g/mol. The fourth-order valence-electron chi connectivity index (χ4n) is 1.58. The van der Waals surface area contributed by atoms with Crippen LogP contribution in [0, 0.1) is 11.8 Å². The van der Waals surface area contributed by atoms with E-state index in [0.717, 1.165) is 5.56 Å². The second-order valence-electron chi connectivity index (χ2n) is 4.93. The molecule has 0 heterocycles. The molecular weight excluding hydrogens is 284 g/mol. The zero-order chi connectivity index (χ0) is 15.3. The first-order valence-electron chi connectivity index (χ1n) is 6.78. The van der Waals surface area contributed by atoms with Crippen LogP contribution >= 0.6 is 11.6 Å². The van der Waals surface area contributed by atoms with Crippen LogP contribution in [0.1, 0.15) is 25.8 Å². The summed E-state index contributed by atoms with van der Waals surface area (Å²) in [6.45, 7) is 3.59. The molecule has 0 saturated carbocycles. The van der Waals surface area contributed by atoms with Crippen LogP contribution in [0.3, 0.4) is 0 Å². The van der Waals surface area contributed by atoms with E-state index >= 15 is 0 Å². The number of ether oxygens (including phenoxy) is 1. The van der Waals surface area contributed by atoms with Crippen LogP contribution in [0.25, 0.3) is 0 Å². The van der Waals surface area contributed by atoms with Crippen molar-refractivity contribution in [2.24, 2.45) is 0 Å². The number of halogens is 1. The van der Waals surface area contributed by atoms with E-state index < -0.39 is 5.60 Å². The Hall–Kier alpha value is -1.95. The molecule has 2 rings (SSSR count). The van der Waals surface area contributed by atoms with E-state index in [-0.39, 0.29) is 0 Å². The van der Waals surface area contributed by atoms with E-state index in [0.29, 0.717) is 22.9 Å². The molecule has 0 bridgehead atoms. The van der Waals surface area contributed by atoms with Gasteiger partial charge in [0.25, 0.3) is 0 Å². The SMILES string of the molecule is CCC(C)(O)C#Cc1ccccc1Oc1ccc(Cl)cc1. The fourth-order valence-corrected chi connectivity index (χ4v) is 1.70. The molecule has 0 aliphatic carbocycles. The maximum absolute atomic E-state index is 9.97. The van der Waals surface area contributed by atoms with E-state index in [1.54, 1.807) is 31.2 Å². The molecule has 1 N–H and O–H groups in total. The van der Waals surface area contributed by atoms with Gasteiger partial charge in [-0.2, -0.15) is 0 Å². The molecule has 2 nitrogen and oxygen atoms in total. The third kappa shape index (κ3) is 4.53. The van der Waals surface area contributed by atoms with E-state index in [1.807, 2.05) is 31.2 Å². The van der Waals surface area contributed by atoms with Crippen LogP contribution in [0.2, 0.25) is 5.02 Å². The summed E-state index contributed by atoms with van der Waals surface area (Å²) in [6, 6.07) is 14.6. The zero-order valence-corrected chi connectivity index (χ0v) is 12.8. The Kier molecular flexibility index (Phi) is 4.90. The lowest BCUT2D eigenvalue weighted by molar-refractivity contribution is 0.118. The summed E-state index contributed by atoms with van der Waals surface area (Å²) in [4.78, 5) is 0. The predicted molar refractivity (Wildman–Crippen MR) is 85.8 cm³/mol. The molecule has 2 aromatic carbocycles. The molecule has 1 atom stereocenters. The highest BCUT2D eigenvalue weighted by atomic mass is 35.5. The van der Waals surface area contributed by atoms with Crippen molar-refractivity contribution in [3.05, 3.63) is 59.1 Å². The Morgan fingerprint density at radius 3 is 2.48 bits per heavy atom. The Balaban J connectivity index is 2.27. The second-order valence-corrected chi connectivity index (χ2v) is 5.37. The van der Waals surface area contributed by atoms with Gasteiger partial charge in [-0.05, 0) is 49.7 Å². The standard InChI is InChI=1S/C18H17ClO2/c1-3-18(2,20)13-12-14-6-4-5-7-17(14)21-16-10-8-15(19)9-11-16/h4-11,20H,3H2,1-2H3. The van der Waals surface area contributed by atoms with Gasteiger partial charge in [0, 0.05) is 5.02 Å². The first-order valence-corrected chi connectivity index (χ1v) is 7.16. The Labute approximate surface area is 130 Å². The number of para-hydroxylation sites is 1. The molecule has 0 amide bonds. The molecule has 2 aromatic rings. The molecule has 1 unspecified atom stereocenters. The van der Waals surface area contributed by atoms with Crippen molar-refractivity contribution in [2.45, 2.75) is 25.9 Å². The van der Waals surface area contributed by atoms with E-state index in [4.69, 9.17) is 16.3 Å². The van der Waals surface area contributed by atoms with Gasteiger partial charge in [-0.15, -0.1) is 0 Å². The number of benzene rings is 2. The Bertz CT molecular complexity index is 664. The van der Waals surface area contributed by atoms with Crippen LogP contribution in [0.15, 0.2) is 48.5 Å². The second kappa shape index (κ2) is 6.67. The molecule has 0 spiro atoms. The van der Waals surface area contributed by atoms with Crippen molar-refractivity contribution >= 4 is 11.6 Å². The average Bonchev–Trinajstić information content (AvgIpc) is 2.49. The maximum atomic E-state index is 9.97. The van der Waals surface area contributed by atoms with Crippen LogP contribution in [0.4, 0.5) is 0 Å². The van der Waals surface area contributed by atoms with E-state index in [9.17, 15) is 5.11 Å². The molecule has 0 saturated heterocycles. The molecule has 0 aliphatic heterocycles. The Morgan fingerprint density at radius 1 is 1.14 bits per heavy atom. The number of rotatable bonds is 3. The van der Waals surface area contributed by atoms with Crippen molar-refractivity contribution < 1.29 is 9.84 Å². The van der Waals surface area contributed by atoms with Crippen molar-refractivity contribution in [3.63, 3.8) is 0 Å². The van der Waals surface area contributed by atoms with Crippen LogP contribution in [-0.4, -0.2) is 10.7 Å². The van der Waals surface area contributed by atoms with Gasteiger partial charge in [-0.1, -0.05) is 42.5 Å². The summed E-state index contributed by atoms with van der Waals surface area (Å²) in [6.07, 6.45) is 0.570. The lowest BCUT2D eigenvalue weighted by atomic mass is 10.0. The lowest BCUT2D eigenvalue weighted by Gasteiger charge is -2.12. The molecule has 3 heteroatoms. The summed E-state index contributed by atoms with van der Waals surface area (Å²) in [5, 5.41) is 10.6.